The standard InChI is InChI=1S/C27H23ClO2/c28-23-12-11-20(23)19-15-29-24-13-9-17-5-1-3-7-21(17)26(24)27-22-8-4-2-6-18(22)10-14-25(27)30-16-19/h1-10,13-14,19-20,23H,11-12,15-16H2. The molecule has 2 atom stereocenters. The lowest BCUT2D eigenvalue weighted by atomic mass is 9.76. The number of alkyl halides is 1. The van der Waals surface area contributed by atoms with Crippen LogP contribution in [0.25, 0.3) is 32.7 Å². The van der Waals surface area contributed by atoms with Crippen LogP contribution in [-0.4, -0.2) is 18.6 Å². The van der Waals surface area contributed by atoms with E-state index in [0.717, 1.165) is 35.5 Å². The second kappa shape index (κ2) is 7.21. The lowest BCUT2D eigenvalue weighted by molar-refractivity contribution is 0.0942. The Bertz CT molecular complexity index is 1160. The number of benzene rings is 4. The first-order chi connectivity index (χ1) is 14.8. The van der Waals surface area contributed by atoms with Crippen LogP contribution >= 0.6 is 11.6 Å². The monoisotopic (exact) mass is 414 g/mol. The summed E-state index contributed by atoms with van der Waals surface area (Å²) in [5, 5.41) is 5.01. The molecule has 1 heterocycles. The molecule has 2 nitrogen and oxygen atoms in total. The maximum atomic E-state index is 6.53. The Kier molecular flexibility index (Phi) is 4.35. The average Bonchev–Trinajstić information content (AvgIpc) is 2.86. The summed E-state index contributed by atoms with van der Waals surface area (Å²) in [4.78, 5) is 0. The minimum Gasteiger partial charge on any atom is -0.492 e. The van der Waals surface area contributed by atoms with Gasteiger partial charge in [0.05, 0.1) is 13.2 Å². The van der Waals surface area contributed by atoms with Crippen molar-refractivity contribution < 1.29 is 9.47 Å². The molecule has 1 aliphatic heterocycles. The molecule has 150 valence electrons. The van der Waals surface area contributed by atoms with E-state index in [4.69, 9.17) is 21.1 Å². The van der Waals surface area contributed by atoms with Crippen LogP contribution in [0.2, 0.25) is 0 Å². The fourth-order valence-corrected chi connectivity index (χ4v) is 5.42. The van der Waals surface area contributed by atoms with Gasteiger partial charge in [-0.3, -0.25) is 0 Å². The Balaban J connectivity index is 1.62. The zero-order valence-corrected chi connectivity index (χ0v) is 17.4. The van der Waals surface area contributed by atoms with Crippen LogP contribution in [-0.2, 0) is 0 Å². The molecule has 1 saturated carbocycles. The van der Waals surface area contributed by atoms with Crippen LogP contribution in [0.5, 0.6) is 11.5 Å². The summed E-state index contributed by atoms with van der Waals surface area (Å²) >= 11 is 6.53. The maximum Gasteiger partial charge on any atom is 0.127 e. The van der Waals surface area contributed by atoms with Crippen molar-refractivity contribution in [3.8, 4) is 22.6 Å². The molecule has 1 fully saturated rings. The Morgan fingerprint density at radius 3 is 1.63 bits per heavy atom. The number of hydrogen-bond donors (Lipinski definition) is 0. The van der Waals surface area contributed by atoms with E-state index in [1.165, 1.54) is 21.5 Å². The van der Waals surface area contributed by atoms with Crippen molar-refractivity contribution in [3.63, 3.8) is 0 Å². The second-order valence-corrected chi connectivity index (χ2v) is 9.02. The minimum absolute atomic E-state index is 0.232. The maximum absolute atomic E-state index is 6.53. The lowest BCUT2D eigenvalue weighted by Gasteiger charge is -2.37. The molecule has 0 radical (unpaired) electrons. The third-order valence-corrected chi connectivity index (χ3v) is 7.33. The van der Waals surface area contributed by atoms with E-state index in [9.17, 15) is 0 Å². The molecule has 2 aliphatic rings. The van der Waals surface area contributed by atoms with E-state index in [1.807, 2.05) is 0 Å². The normalized spacial score (nSPS) is 21.4. The third kappa shape index (κ3) is 2.86. The van der Waals surface area contributed by atoms with Gasteiger partial charge in [-0.25, -0.2) is 0 Å². The van der Waals surface area contributed by atoms with Crippen molar-refractivity contribution in [2.45, 2.75) is 18.2 Å². The van der Waals surface area contributed by atoms with Gasteiger partial charge in [-0.1, -0.05) is 60.7 Å². The Morgan fingerprint density at radius 2 is 1.17 bits per heavy atom. The van der Waals surface area contributed by atoms with Gasteiger partial charge in [-0.05, 0) is 52.4 Å². The molecule has 0 N–H and O–H groups in total. The van der Waals surface area contributed by atoms with Gasteiger partial charge in [0.25, 0.3) is 0 Å². The predicted octanol–water partition coefficient (Wildman–Crippen LogP) is 7.06. The highest BCUT2D eigenvalue weighted by Gasteiger charge is 2.37. The van der Waals surface area contributed by atoms with Crippen LogP contribution < -0.4 is 9.47 Å². The van der Waals surface area contributed by atoms with Gasteiger partial charge in [-0.2, -0.15) is 0 Å². The first-order valence-electron chi connectivity index (χ1n) is 10.7. The fourth-order valence-electron chi connectivity index (χ4n) is 4.96. The van der Waals surface area contributed by atoms with Gasteiger partial charge in [0.1, 0.15) is 11.5 Å². The largest absolute Gasteiger partial charge is 0.492 e. The van der Waals surface area contributed by atoms with Crippen molar-refractivity contribution in [2.24, 2.45) is 11.8 Å². The van der Waals surface area contributed by atoms with Gasteiger partial charge < -0.3 is 9.47 Å². The molecule has 3 heteroatoms. The summed E-state index contributed by atoms with van der Waals surface area (Å²) in [5.74, 6) is 2.59. The summed E-state index contributed by atoms with van der Waals surface area (Å²) < 4.78 is 13.0. The zero-order chi connectivity index (χ0) is 20.1. The summed E-state index contributed by atoms with van der Waals surface area (Å²) in [7, 11) is 0. The number of fused-ring (bicyclic) bond motifs is 7. The number of ether oxygens (including phenoxy) is 2. The van der Waals surface area contributed by atoms with E-state index >= 15 is 0 Å². The van der Waals surface area contributed by atoms with Crippen LogP contribution in [0.3, 0.4) is 0 Å². The van der Waals surface area contributed by atoms with Crippen molar-refractivity contribution in [1.82, 2.24) is 0 Å². The molecule has 0 spiro atoms. The molecule has 4 aromatic rings. The summed E-state index contributed by atoms with van der Waals surface area (Å²) in [6, 6.07) is 25.6. The molecule has 4 aromatic carbocycles. The van der Waals surface area contributed by atoms with Gasteiger partial charge in [-0.15, -0.1) is 11.6 Å². The van der Waals surface area contributed by atoms with Gasteiger partial charge in [0.2, 0.25) is 0 Å². The average molecular weight is 415 g/mol. The van der Waals surface area contributed by atoms with Crippen molar-refractivity contribution in [3.05, 3.63) is 72.8 Å². The zero-order valence-electron chi connectivity index (χ0n) is 16.7. The summed E-state index contributed by atoms with van der Waals surface area (Å²) in [6.07, 6.45) is 2.24. The summed E-state index contributed by atoms with van der Waals surface area (Å²) in [6.45, 7) is 1.26. The van der Waals surface area contributed by atoms with Crippen molar-refractivity contribution >= 4 is 33.1 Å². The Labute approximate surface area is 181 Å². The highest BCUT2D eigenvalue weighted by molar-refractivity contribution is 6.21. The van der Waals surface area contributed by atoms with Crippen LogP contribution in [0, 0.1) is 11.8 Å². The molecule has 6 rings (SSSR count). The van der Waals surface area contributed by atoms with Crippen LogP contribution in [0.1, 0.15) is 12.8 Å². The molecule has 2 unspecified atom stereocenters. The first-order valence-corrected chi connectivity index (χ1v) is 11.2. The molecular formula is C27H23ClO2. The third-order valence-electron chi connectivity index (χ3n) is 6.78. The number of halogens is 1. The van der Waals surface area contributed by atoms with E-state index in [0.29, 0.717) is 19.1 Å². The van der Waals surface area contributed by atoms with E-state index in [1.54, 1.807) is 0 Å². The topological polar surface area (TPSA) is 18.5 Å². The molecule has 0 aromatic heterocycles. The quantitative estimate of drug-likeness (QED) is 0.310. The van der Waals surface area contributed by atoms with E-state index < -0.39 is 0 Å². The van der Waals surface area contributed by atoms with E-state index in [2.05, 4.69) is 72.8 Å². The van der Waals surface area contributed by atoms with Gasteiger partial charge in [0.15, 0.2) is 0 Å². The van der Waals surface area contributed by atoms with Crippen molar-refractivity contribution in [2.75, 3.05) is 13.2 Å². The molecule has 1 aliphatic carbocycles. The summed E-state index contributed by atoms with van der Waals surface area (Å²) in [5.41, 5.74) is 2.24. The van der Waals surface area contributed by atoms with E-state index in [-0.39, 0.29) is 11.3 Å². The smallest absolute Gasteiger partial charge is 0.127 e. The number of rotatable bonds is 1. The number of hydrogen-bond acceptors (Lipinski definition) is 2. The molecule has 0 bridgehead atoms. The Morgan fingerprint density at radius 1 is 0.633 bits per heavy atom. The highest BCUT2D eigenvalue weighted by Crippen LogP contribution is 2.47. The van der Waals surface area contributed by atoms with Gasteiger partial charge >= 0.3 is 0 Å². The fraction of sp³-hybridized carbons (Fsp3) is 0.259. The first kappa shape index (κ1) is 18.1. The SMILES string of the molecule is ClC1CCC1C1COc2ccc3ccccc3c2-c2c(ccc3ccccc23)OC1. The second-order valence-electron chi connectivity index (χ2n) is 8.46. The van der Waals surface area contributed by atoms with Gasteiger partial charge in [0, 0.05) is 22.4 Å². The van der Waals surface area contributed by atoms with Crippen LogP contribution in [0.4, 0.5) is 0 Å². The molecular weight excluding hydrogens is 392 g/mol. The van der Waals surface area contributed by atoms with Crippen molar-refractivity contribution in [1.29, 1.82) is 0 Å². The lowest BCUT2D eigenvalue weighted by Crippen LogP contribution is -2.39. The molecule has 0 saturated heterocycles. The Hall–Kier alpha value is -2.71. The van der Waals surface area contributed by atoms with Crippen LogP contribution in [0.15, 0.2) is 72.8 Å². The molecule has 0 amide bonds. The predicted molar refractivity (Wildman–Crippen MR) is 124 cm³/mol. The molecule has 30 heavy (non-hydrogen) atoms. The highest BCUT2D eigenvalue weighted by atomic mass is 35.5. The minimum atomic E-state index is 0.232.